The van der Waals surface area contributed by atoms with Gasteiger partial charge in [0.25, 0.3) is 0 Å². The van der Waals surface area contributed by atoms with Crippen LogP contribution < -0.4 is 4.90 Å². The van der Waals surface area contributed by atoms with E-state index in [0.29, 0.717) is 0 Å². The SMILES string of the molecule is c1ccc(-n2c3ccccc3c3cc(N(c4ccc(-c5ccc6ccccc6c5)cc4)c4ccc(-c5ccc6ccccc6c5)cc4)ccc32)cc1. The van der Waals surface area contributed by atoms with Gasteiger partial charge in [-0.25, -0.2) is 0 Å². The van der Waals surface area contributed by atoms with Crippen LogP contribution in [0.4, 0.5) is 17.1 Å². The zero-order valence-electron chi connectivity index (χ0n) is 28.5. The van der Waals surface area contributed by atoms with E-state index in [9.17, 15) is 0 Å². The molecule has 0 unspecified atom stereocenters. The average molecular weight is 663 g/mol. The predicted octanol–water partition coefficient (Wildman–Crippen LogP) is 13.9. The first-order chi connectivity index (χ1) is 25.8. The van der Waals surface area contributed by atoms with E-state index in [-0.39, 0.29) is 0 Å². The molecule has 0 saturated heterocycles. The molecule has 0 saturated carbocycles. The maximum Gasteiger partial charge on any atom is 0.0542 e. The van der Waals surface area contributed by atoms with Crippen molar-refractivity contribution in [3.63, 3.8) is 0 Å². The van der Waals surface area contributed by atoms with Crippen LogP contribution in [0.15, 0.2) is 206 Å². The van der Waals surface area contributed by atoms with Crippen molar-refractivity contribution in [3.8, 4) is 27.9 Å². The first-order valence-electron chi connectivity index (χ1n) is 17.8. The van der Waals surface area contributed by atoms with Crippen molar-refractivity contribution in [2.75, 3.05) is 4.90 Å². The smallest absolute Gasteiger partial charge is 0.0542 e. The molecule has 0 aliphatic rings. The molecule has 0 fully saturated rings. The van der Waals surface area contributed by atoms with Gasteiger partial charge in [0.15, 0.2) is 0 Å². The van der Waals surface area contributed by atoms with Gasteiger partial charge in [-0.1, -0.05) is 133 Å². The molecule has 9 aromatic carbocycles. The van der Waals surface area contributed by atoms with E-state index in [1.807, 2.05) is 0 Å². The molecule has 2 nitrogen and oxygen atoms in total. The van der Waals surface area contributed by atoms with E-state index in [1.54, 1.807) is 0 Å². The maximum atomic E-state index is 2.38. The van der Waals surface area contributed by atoms with Crippen molar-refractivity contribution in [2.45, 2.75) is 0 Å². The molecule has 10 rings (SSSR count). The Balaban J connectivity index is 1.10. The second kappa shape index (κ2) is 12.5. The van der Waals surface area contributed by atoms with Crippen molar-refractivity contribution in [1.82, 2.24) is 4.57 Å². The Labute approximate surface area is 303 Å². The van der Waals surface area contributed by atoms with Gasteiger partial charge in [-0.15, -0.1) is 0 Å². The van der Waals surface area contributed by atoms with Crippen LogP contribution in [0.5, 0.6) is 0 Å². The van der Waals surface area contributed by atoms with E-state index < -0.39 is 0 Å². The lowest BCUT2D eigenvalue weighted by molar-refractivity contribution is 1.18. The topological polar surface area (TPSA) is 8.17 Å². The Bertz CT molecular complexity index is 2760. The average Bonchev–Trinajstić information content (AvgIpc) is 3.55. The van der Waals surface area contributed by atoms with Crippen molar-refractivity contribution in [3.05, 3.63) is 206 Å². The second-order valence-electron chi connectivity index (χ2n) is 13.4. The minimum absolute atomic E-state index is 1.11. The molecule has 0 amide bonds. The number of para-hydroxylation sites is 2. The van der Waals surface area contributed by atoms with E-state index in [0.717, 1.165) is 22.7 Å². The van der Waals surface area contributed by atoms with Crippen LogP contribution in [0.2, 0.25) is 0 Å². The highest BCUT2D eigenvalue weighted by atomic mass is 15.1. The summed E-state index contributed by atoms with van der Waals surface area (Å²) in [5.74, 6) is 0. The molecule has 1 aromatic heterocycles. The number of rotatable bonds is 6. The summed E-state index contributed by atoms with van der Waals surface area (Å²) in [6, 6.07) is 74.8. The van der Waals surface area contributed by atoms with E-state index >= 15 is 0 Å². The van der Waals surface area contributed by atoms with Crippen LogP contribution in [0.25, 0.3) is 71.3 Å². The van der Waals surface area contributed by atoms with Crippen molar-refractivity contribution >= 4 is 60.4 Å². The predicted molar refractivity (Wildman–Crippen MR) is 221 cm³/mol. The van der Waals surface area contributed by atoms with Gasteiger partial charge in [0.1, 0.15) is 0 Å². The number of aromatic nitrogens is 1. The molecule has 52 heavy (non-hydrogen) atoms. The van der Waals surface area contributed by atoms with E-state index in [1.165, 1.54) is 65.6 Å². The fraction of sp³-hybridized carbons (Fsp3) is 0. The van der Waals surface area contributed by atoms with Crippen LogP contribution in [0.3, 0.4) is 0 Å². The third-order valence-electron chi connectivity index (χ3n) is 10.3. The van der Waals surface area contributed by atoms with Gasteiger partial charge >= 0.3 is 0 Å². The molecule has 0 N–H and O–H groups in total. The Kier molecular flexibility index (Phi) is 7.18. The Morgan fingerprint density at radius 3 is 1.35 bits per heavy atom. The normalized spacial score (nSPS) is 11.5. The molecule has 0 aliphatic carbocycles. The third-order valence-corrected chi connectivity index (χ3v) is 10.3. The first-order valence-corrected chi connectivity index (χ1v) is 17.8. The maximum absolute atomic E-state index is 2.38. The number of hydrogen-bond acceptors (Lipinski definition) is 1. The lowest BCUT2D eigenvalue weighted by Gasteiger charge is -2.26. The van der Waals surface area contributed by atoms with E-state index in [2.05, 4.69) is 216 Å². The monoisotopic (exact) mass is 662 g/mol. The Hall–Kier alpha value is -6.90. The Morgan fingerprint density at radius 2 is 0.750 bits per heavy atom. The van der Waals surface area contributed by atoms with Gasteiger partial charge in [0.05, 0.1) is 11.0 Å². The van der Waals surface area contributed by atoms with E-state index in [4.69, 9.17) is 0 Å². The lowest BCUT2D eigenvalue weighted by atomic mass is 10.00. The van der Waals surface area contributed by atoms with Gasteiger partial charge < -0.3 is 9.47 Å². The van der Waals surface area contributed by atoms with Gasteiger partial charge in [0, 0.05) is 33.5 Å². The number of nitrogens with zero attached hydrogens (tertiary/aromatic N) is 2. The van der Waals surface area contributed by atoms with Crippen LogP contribution in [0, 0.1) is 0 Å². The summed E-state index contributed by atoms with van der Waals surface area (Å²) in [7, 11) is 0. The highest BCUT2D eigenvalue weighted by Crippen LogP contribution is 2.41. The first kappa shape index (κ1) is 30.0. The standard InChI is InChI=1S/C50H34N2/c1-2-14-43(15-3-1)52-49-17-9-8-16-47(49)48-34-46(30-31-50(48)52)51(44-26-22-37(23-27-44)41-20-18-35-10-4-6-12-39(35)32-41)45-28-24-38(25-29-45)42-21-19-36-11-5-7-13-40(36)33-42/h1-34H. The molecule has 0 spiro atoms. The van der Waals surface area contributed by atoms with Gasteiger partial charge in [-0.05, 0) is 117 Å². The zero-order chi connectivity index (χ0) is 34.4. The fourth-order valence-electron chi connectivity index (χ4n) is 7.75. The molecule has 2 heteroatoms. The van der Waals surface area contributed by atoms with Crippen LogP contribution >= 0.6 is 0 Å². The van der Waals surface area contributed by atoms with Crippen molar-refractivity contribution in [2.24, 2.45) is 0 Å². The summed E-state index contributed by atoms with van der Waals surface area (Å²) in [4.78, 5) is 2.38. The van der Waals surface area contributed by atoms with Crippen LogP contribution in [-0.2, 0) is 0 Å². The number of anilines is 3. The van der Waals surface area contributed by atoms with Crippen LogP contribution in [0.1, 0.15) is 0 Å². The highest BCUT2D eigenvalue weighted by molar-refractivity contribution is 6.10. The lowest BCUT2D eigenvalue weighted by Crippen LogP contribution is -2.10. The Morgan fingerprint density at radius 1 is 0.288 bits per heavy atom. The zero-order valence-corrected chi connectivity index (χ0v) is 28.5. The van der Waals surface area contributed by atoms with Gasteiger partial charge in [0.2, 0.25) is 0 Å². The number of hydrogen-bond donors (Lipinski definition) is 0. The molecule has 0 bridgehead atoms. The molecular weight excluding hydrogens is 629 g/mol. The third kappa shape index (κ3) is 5.21. The summed E-state index contributed by atoms with van der Waals surface area (Å²) in [6.45, 7) is 0. The number of fused-ring (bicyclic) bond motifs is 5. The molecule has 244 valence electrons. The van der Waals surface area contributed by atoms with Gasteiger partial charge in [-0.2, -0.15) is 0 Å². The summed E-state index contributed by atoms with van der Waals surface area (Å²) < 4.78 is 2.37. The molecule has 0 atom stereocenters. The van der Waals surface area contributed by atoms with Crippen molar-refractivity contribution in [1.29, 1.82) is 0 Å². The molecule has 0 radical (unpaired) electrons. The number of benzene rings is 9. The summed E-state index contributed by atoms with van der Waals surface area (Å²) >= 11 is 0. The molecular formula is C50H34N2. The van der Waals surface area contributed by atoms with Crippen LogP contribution in [-0.4, -0.2) is 4.57 Å². The summed E-state index contributed by atoms with van der Waals surface area (Å²) in [5.41, 5.74) is 11.7. The van der Waals surface area contributed by atoms with Crippen molar-refractivity contribution < 1.29 is 0 Å². The second-order valence-corrected chi connectivity index (χ2v) is 13.4. The minimum atomic E-state index is 1.11. The van der Waals surface area contributed by atoms with Gasteiger partial charge in [-0.3, -0.25) is 0 Å². The highest BCUT2D eigenvalue weighted by Gasteiger charge is 2.18. The minimum Gasteiger partial charge on any atom is -0.310 e. The summed E-state index contributed by atoms with van der Waals surface area (Å²) in [6.07, 6.45) is 0. The quantitative estimate of drug-likeness (QED) is 0.172. The molecule has 0 aliphatic heterocycles. The molecule has 1 heterocycles. The summed E-state index contributed by atoms with van der Waals surface area (Å²) in [5, 5.41) is 7.47. The molecule has 10 aromatic rings. The largest absolute Gasteiger partial charge is 0.310 e. The fourth-order valence-corrected chi connectivity index (χ4v) is 7.75.